The van der Waals surface area contributed by atoms with Crippen molar-refractivity contribution in [3.8, 4) is 5.75 Å². The standard InChI is InChI=1S/C13H17N3O4S/c1-7-5-11(19-4)12(6-10(7)14)21(17,18)16-13-8(2)9(3)15-20-13/h5-6,16H,14H2,1-4H3. The molecule has 0 amide bonds. The van der Waals surface area contributed by atoms with E-state index in [9.17, 15) is 8.42 Å². The van der Waals surface area contributed by atoms with Gasteiger partial charge in [0.1, 0.15) is 10.6 Å². The zero-order chi connectivity index (χ0) is 15.8. The lowest BCUT2D eigenvalue weighted by molar-refractivity contribution is 0.402. The average molecular weight is 311 g/mol. The maximum Gasteiger partial charge on any atom is 0.268 e. The quantitative estimate of drug-likeness (QED) is 0.836. The third-order valence-corrected chi connectivity index (χ3v) is 4.58. The van der Waals surface area contributed by atoms with Crippen LogP contribution >= 0.6 is 0 Å². The molecule has 0 fully saturated rings. The molecule has 7 nitrogen and oxygen atoms in total. The number of aromatic nitrogens is 1. The van der Waals surface area contributed by atoms with Crippen molar-refractivity contribution in [2.75, 3.05) is 17.6 Å². The fourth-order valence-corrected chi connectivity index (χ4v) is 2.97. The molecule has 0 saturated carbocycles. The van der Waals surface area contributed by atoms with Crippen molar-refractivity contribution < 1.29 is 17.7 Å². The van der Waals surface area contributed by atoms with E-state index in [-0.39, 0.29) is 16.5 Å². The molecule has 1 aromatic heterocycles. The number of methoxy groups -OCH3 is 1. The molecule has 21 heavy (non-hydrogen) atoms. The van der Waals surface area contributed by atoms with Crippen LogP contribution in [0.25, 0.3) is 0 Å². The smallest absolute Gasteiger partial charge is 0.268 e. The zero-order valence-corrected chi connectivity index (χ0v) is 13.0. The molecule has 1 heterocycles. The van der Waals surface area contributed by atoms with Crippen LogP contribution in [0.4, 0.5) is 11.6 Å². The van der Waals surface area contributed by atoms with Gasteiger partial charge in [-0.2, -0.15) is 0 Å². The lowest BCUT2D eigenvalue weighted by Crippen LogP contribution is -2.15. The fourth-order valence-electron chi connectivity index (χ4n) is 1.73. The van der Waals surface area contributed by atoms with Crippen LogP contribution < -0.4 is 15.2 Å². The predicted molar refractivity (Wildman–Crippen MR) is 78.9 cm³/mol. The highest BCUT2D eigenvalue weighted by molar-refractivity contribution is 7.92. The summed E-state index contributed by atoms with van der Waals surface area (Å²) in [5.41, 5.74) is 8.12. The second kappa shape index (κ2) is 5.28. The Morgan fingerprint density at radius 3 is 2.48 bits per heavy atom. The van der Waals surface area contributed by atoms with Crippen molar-refractivity contribution in [1.82, 2.24) is 5.16 Å². The first-order chi connectivity index (χ1) is 9.76. The van der Waals surface area contributed by atoms with Gasteiger partial charge in [0, 0.05) is 11.3 Å². The van der Waals surface area contributed by atoms with E-state index in [1.807, 2.05) is 0 Å². The summed E-state index contributed by atoms with van der Waals surface area (Å²) in [5, 5.41) is 3.71. The molecule has 0 spiro atoms. The van der Waals surface area contributed by atoms with E-state index >= 15 is 0 Å². The molecule has 2 aromatic rings. The highest BCUT2D eigenvalue weighted by Crippen LogP contribution is 2.31. The number of nitrogen functional groups attached to an aromatic ring is 1. The minimum absolute atomic E-state index is 0.0541. The number of nitrogens with one attached hydrogen (secondary N) is 1. The van der Waals surface area contributed by atoms with Crippen LogP contribution in [0.5, 0.6) is 5.75 Å². The Bertz CT molecular complexity index is 781. The molecule has 0 aliphatic carbocycles. The van der Waals surface area contributed by atoms with Gasteiger partial charge in [-0.25, -0.2) is 13.1 Å². The topological polar surface area (TPSA) is 107 Å². The molecule has 0 radical (unpaired) electrons. The van der Waals surface area contributed by atoms with E-state index < -0.39 is 10.0 Å². The number of hydrogen-bond acceptors (Lipinski definition) is 6. The van der Waals surface area contributed by atoms with Crippen molar-refractivity contribution in [2.24, 2.45) is 0 Å². The number of sulfonamides is 1. The summed E-state index contributed by atoms with van der Waals surface area (Å²) < 4.78 is 37.4. The summed E-state index contributed by atoms with van der Waals surface area (Å²) in [5.74, 6) is 0.289. The van der Waals surface area contributed by atoms with E-state index in [0.29, 0.717) is 16.9 Å². The minimum Gasteiger partial charge on any atom is -0.495 e. The van der Waals surface area contributed by atoms with E-state index in [1.165, 1.54) is 13.2 Å². The Labute approximate surface area is 123 Å². The van der Waals surface area contributed by atoms with Gasteiger partial charge in [0.15, 0.2) is 0 Å². The molecule has 3 N–H and O–H groups in total. The van der Waals surface area contributed by atoms with Crippen molar-refractivity contribution in [1.29, 1.82) is 0 Å². The second-order valence-corrected chi connectivity index (χ2v) is 6.34. The van der Waals surface area contributed by atoms with Gasteiger partial charge in [-0.3, -0.25) is 0 Å². The summed E-state index contributed by atoms with van der Waals surface area (Å²) in [4.78, 5) is -0.0541. The molecule has 1 aromatic carbocycles. The Balaban J connectivity index is 2.49. The summed E-state index contributed by atoms with van der Waals surface area (Å²) >= 11 is 0. The number of rotatable bonds is 4. The largest absolute Gasteiger partial charge is 0.495 e. The molecular weight excluding hydrogens is 294 g/mol. The summed E-state index contributed by atoms with van der Waals surface area (Å²) in [6.45, 7) is 5.21. The summed E-state index contributed by atoms with van der Waals surface area (Å²) in [6, 6.07) is 2.93. The second-order valence-electron chi connectivity index (χ2n) is 4.69. The van der Waals surface area contributed by atoms with Crippen LogP contribution in [0.3, 0.4) is 0 Å². The number of benzene rings is 1. The monoisotopic (exact) mass is 311 g/mol. The van der Waals surface area contributed by atoms with Gasteiger partial charge < -0.3 is 15.0 Å². The number of nitrogens with two attached hydrogens (primary N) is 1. The number of ether oxygens (including phenoxy) is 1. The number of hydrogen-bond donors (Lipinski definition) is 2. The van der Waals surface area contributed by atoms with Crippen LogP contribution in [0.2, 0.25) is 0 Å². The van der Waals surface area contributed by atoms with Gasteiger partial charge in [-0.15, -0.1) is 0 Å². The zero-order valence-electron chi connectivity index (χ0n) is 12.2. The molecule has 0 aliphatic rings. The SMILES string of the molecule is COc1cc(C)c(N)cc1S(=O)(=O)Nc1onc(C)c1C. The number of anilines is 2. The number of aryl methyl sites for hydroxylation is 2. The van der Waals surface area contributed by atoms with Crippen LogP contribution in [0.1, 0.15) is 16.8 Å². The van der Waals surface area contributed by atoms with E-state index in [1.54, 1.807) is 26.8 Å². The average Bonchev–Trinajstić information content (AvgIpc) is 2.72. The van der Waals surface area contributed by atoms with Crippen LogP contribution in [-0.4, -0.2) is 20.7 Å². The Morgan fingerprint density at radius 2 is 1.95 bits per heavy atom. The highest BCUT2D eigenvalue weighted by Gasteiger charge is 2.24. The summed E-state index contributed by atoms with van der Waals surface area (Å²) in [7, 11) is -2.50. The van der Waals surface area contributed by atoms with Gasteiger partial charge in [0.25, 0.3) is 10.0 Å². The van der Waals surface area contributed by atoms with E-state index in [0.717, 1.165) is 5.56 Å². The Kier molecular flexibility index (Phi) is 3.82. The lowest BCUT2D eigenvalue weighted by atomic mass is 10.2. The van der Waals surface area contributed by atoms with Crippen molar-refractivity contribution in [2.45, 2.75) is 25.7 Å². The molecule has 0 bridgehead atoms. The maximum atomic E-state index is 12.5. The molecule has 0 atom stereocenters. The van der Waals surface area contributed by atoms with Gasteiger partial charge in [-0.05, 0) is 38.5 Å². The first-order valence-electron chi connectivity index (χ1n) is 6.16. The van der Waals surface area contributed by atoms with Gasteiger partial charge in [-0.1, -0.05) is 5.16 Å². The number of nitrogens with zero attached hydrogens (tertiary/aromatic N) is 1. The first-order valence-corrected chi connectivity index (χ1v) is 7.64. The normalized spacial score (nSPS) is 11.4. The molecule has 2 rings (SSSR count). The van der Waals surface area contributed by atoms with Crippen LogP contribution in [0, 0.1) is 20.8 Å². The minimum atomic E-state index is -3.89. The third-order valence-electron chi connectivity index (χ3n) is 3.23. The molecular formula is C13H17N3O4S. The lowest BCUT2D eigenvalue weighted by Gasteiger charge is -2.12. The maximum absolute atomic E-state index is 12.5. The van der Waals surface area contributed by atoms with Gasteiger partial charge in [0.2, 0.25) is 5.88 Å². The Morgan fingerprint density at radius 1 is 1.29 bits per heavy atom. The van der Waals surface area contributed by atoms with Gasteiger partial charge >= 0.3 is 0 Å². The molecule has 0 unspecified atom stereocenters. The molecule has 0 saturated heterocycles. The predicted octanol–water partition coefficient (Wildman–Crippen LogP) is 1.99. The molecule has 0 aliphatic heterocycles. The molecule has 8 heteroatoms. The third kappa shape index (κ3) is 2.80. The van der Waals surface area contributed by atoms with Gasteiger partial charge in [0.05, 0.1) is 12.8 Å². The van der Waals surface area contributed by atoms with Crippen molar-refractivity contribution in [3.05, 3.63) is 29.0 Å². The van der Waals surface area contributed by atoms with Crippen molar-refractivity contribution in [3.63, 3.8) is 0 Å². The fraction of sp³-hybridized carbons (Fsp3) is 0.308. The van der Waals surface area contributed by atoms with E-state index in [2.05, 4.69) is 9.88 Å². The summed E-state index contributed by atoms with van der Waals surface area (Å²) in [6.07, 6.45) is 0. The van der Waals surface area contributed by atoms with E-state index in [4.69, 9.17) is 15.0 Å². The van der Waals surface area contributed by atoms with Crippen LogP contribution in [-0.2, 0) is 10.0 Å². The highest BCUT2D eigenvalue weighted by atomic mass is 32.2. The van der Waals surface area contributed by atoms with Crippen LogP contribution in [0.15, 0.2) is 21.6 Å². The Hall–Kier alpha value is -2.22. The van der Waals surface area contributed by atoms with Crippen molar-refractivity contribution >= 4 is 21.6 Å². The molecule has 114 valence electrons. The first kappa shape index (κ1) is 15.2.